The van der Waals surface area contributed by atoms with Gasteiger partial charge in [-0.3, -0.25) is 9.13 Å². The summed E-state index contributed by atoms with van der Waals surface area (Å²) in [5.41, 5.74) is 6.66. The van der Waals surface area contributed by atoms with E-state index >= 15 is 0 Å². The second-order valence-electron chi connectivity index (χ2n) is 6.56. The zero-order valence-electron chi connectivity index (χ0n) is 13.5. The third kappa shape index (κ3) is 2.92. The van der Waals surface area contributed by atoms with Crippen LogP contribution in [-0.2, 0) is 18.8 Å². The van der Waals surface area contributed by atoms with Crippen LogP contribution in [0.1, 0.15) is 20.1 Å². The summed E-state index contributed by atoms with van der Waals surface area (Å²) in [6.45, 7) is 3.48. The molecule has 0 aliphatic carbocycles. The van der Waals surface area contributed by atoms with Crippen LogP contribution in [0.4, 0.5) is 5.82 Å². The average Bonchev–Trinajstić information content (AvgIpc) is 3.11. The molecule has 4 N–H and O–H groups in total. The molecule has 0 unspecified atom stereocenters. The van der Waals surface area contributed by atoms with Crippen molar-refractivity contribution in [1.82, 2.24) is 19.5 Å². The lowest BCUT2D eigenvalue weighted by Gasteiger charge is -2.24. The van der Waals surface area contributed by atoms with E-state index in [4.69, 9.17) is 19.9 Å². The van der Waals surface area contributed by atoms with E-state index in [1.165, 1.54) is 12.7 Å². The standard InChI is InChI=1S/C13H18N5O6P/c1-13(2)23-8-6(3-25(19,20)21)22-12(9(8)24-13)18-5-17-7-10(14)15-4-16-11(7)18/h4-6,8-9,12H,3H2,1-2H3,(H2,14,15,16)(H2,19,20,21)/t6-,8-,9-,12-/m1/s1. The molecule has 0 radical (unpaired) electrons. The molecule has 0 aromatic carbocycles. The molecule has 0 spiro atoms. The first-order chi connectivity index (χ1) is 11.6. The van der Waals surface area contributed by atoms with Gasteiger partial charge in [0.25, 0.3) is 0 Å². The van der Waals surface area contributed by atoms with Crippen molar-refractivity contribution < 1.29 is 28.6 Å². The molecule has 2 saturated heterocycles. The Labute approximate surface area is 142 Å². The minimum atomic E-state index is -4.30. The lowest BCUT2D eigenvalue weighted by Crippen LogP contribution is -2.32. The van der Waals surface area contributed by atoms with Crippen molar-refractivity contribution in [3.63, 3.8) is 0 Å². The van der Waals surface area contributed by atoms with Gasteiger partial charge < -0.3 is 29.7 Å². The molecule has 2 aliphatic heterocycles. The normalized spacial score (nSPS) is 31.5. The summed E-state index contributed by atoms with van der Waals surface area (Å²) in [5.74, 6) is -0.663. The van der Waals surface area contributed by atoms with E-state index in [1.807, 2.05) is 0 Å². The number of ether oxygens (including phenoxy) is 3. The monoisotopic (exact) mass is 371 g/mol. The molecule has 4 atom stereocenters. The summed E-state index contributed by atoms with van der Waals surface area (Å²) in [4.78, 5) is 30.9. The van der Waals surface area contributed by atoms with Crippen molar-refractivity contribution in [2.24, 2.45) is 0 Å². The molecule has 2 fully saturated rings. The van der Waals surface area contributed by atoms with E-state index in [1.54, 1.807) is 18.4 Å². The summed E-state index contributed by atoms with van der Waals surface area (Å²) in [6.07, 6.45) is -0.383. The van der Waals surface area contributed by atoms with Crippen molar-refractivity contribution in [2.45, 2.75) is 44.2 Å². The lowest BCUT2D eigenvalue weighted by atomic mass is 10.1. The average molecular weight is 371 g/mol. The largest absolute Gasteiger partial charge is 0.382 e. The van der Waals surface area contributed by atoms with Crippen LogP contribution in [0.5, 0.6) is 0 Å². The number of nitrogens with two attached hydrogens (primary N) is 1. The molecule has 4 rings (SSSR count). The van der Waals surface area contributed by atoms with Gasteiger partial charge in [0.05, 0.1) is 12.5 Å². The van der Waals surface area contributed by atoms with Gasteiger partial charge in [0.1, 0.15) is 30.2 Å². The van der Waals surface area contributed by atoms with Crippen molar-refractivity contribution in [2.75, 3.05) is 11.9 Å². The third-order valence-electron chi connectivity index (χ3n) is 4.20. The SMILES string of the molecule is CC1(C)O[C@@H]2[C@H](O1)[C@@H](CP(=O)(O)O)O[C@H]2n1cnc2c(N)ncnc21. The molecule has 0 bridgehead atoms. The maximum atomic E-state index is 11.4. The molecule has 0 saturated carbocycles. The Morgan fingerprint density at radius 1 is 1.28 bits per heavy atom. The number of aromatic nitrogens is 4. The Kier molecular flexibility index (Phi) is 3.66. The Hall–Kier alpha value is -1.62. The highest BCUT2D eigenvalue weighted by molar-refractivity contribution is 7.51. The number of hydrogen-bond acceptors (Lipinski definition) is 8. The molecule has 11 nitrogen and oxygen atoms in total. The van der Waals surface area contributed by atoms with Crippen LogP contribution in [0, 0.1) is 0 Å². The van der Waals surface area contributed by atoms with E-state index in [-0.39, 0.29) is 5.82 Å². The van der Waals surface area contributed by atoms with Gasteiger partial charge in [0.15, 0.2) is 23.5 Å². The Morgan fingerprint density at radius 3 is 2.72 bits per heavy atom. The fraction of sp³-hybridized carbons (Fsp3) is 0.615. The molecule has 2 aliphatic rings. The van der Waals surface area contributed by atoms with Gasteiger partial charge in [-0.05, 0) is 13.8 Å². The first kappa shape index (κ1) is 16.8. The van der Waals surface area contributed by atoms with E-state index in [9.17, 15) is 14.4 Å². The van der Waals surface area contributed by atoms with Gasteiger partial charge in [0.2, 0.25) is 0 Å². The molecule has 25 heavy (non-hydrogen) atoms. The molecule has 2 aromatic heterocycles. The number of rotatable bonds is 3. The smallest absolute Gasteiger partial charge is 0.328 e. The van der Waals surface area contributed by atoms with Gasteiger partial charge in [0, 0.05) is 0 Å². The van der Waals surface area contributed by atoms with Gasteiger partial charge in [-0.25, -0.2) is 15.0 Å². The van der Waals surface area contributed by atoms with E-state index in [2.05, 4.69) is 15.0 Å². The topological polar surface area (TPSA) is 155 Å². The molecule has 0 amide bonds. The maximum absolute atomic E-state index is 11.4. The van der Waals surface area contributed by atoms with Gasteiger partial charge >= 0.3 is 7.60 Å². The summed E-state index contributed by atoms with van der Waals surface area (Å²) < 4.78 is 30.7. The first-order valence-corrected chi connectivity index (χ1v) is 9.43. The zero-order valence-corrected chi connectivity index (χ0v) is 14.4. The highest BCUT2D eigenvalue weighted by atomic mass is 31.2. The minimum absolute atomic E-state index is 0.231. The maximum Gasteiger partial charge on any atom is 0.328 e. The van der Waals surface area contributed by atoms with Crippen LogP contribution in [0.15, 0.2) is 12.7 Å². The quantitative estimate of drug-likeness (QED) is 0.628. The Bertz CT molecular complexity index is 866. The number of fused-ring (bicyclic) bond motifs is 2. The van der Waals surface area contributed by atoms with Gasteiger partial charge in [-0.1, -0.05) is 0 Å². The van der Waals surface area contributed by atoms with Gasteiger partial charge in [-0.2, -0.15) is 0 Å². The summed E-state index contributed by atoms with van der Waals surface area (Å²) in [6, 6.07) is 0. The van der Waals surface area contributed by atoms with Crippen LogP contribution < -0.4 is 5.73 Å². The van der Waals surface area contributed by atoms with Gasteiger partial charge in [-0.15, -0.1) is 0 Å². The van der Waals surface area contributed by atoms with Crippen molar-refractivity contribution in [1.29, 1.82) is 0 Å². The van der Waals surface area contributed by atoms with Crippen LogP contribution in [-0.4, -0.2) is 59.6 Å². The van der Waals surface area contributed by atoms with Crippen molar-refractivity contribution in [3.05, 3.63) is 12.7 Å². The Morgan fingerprint density at radius 2 is 2.00 bits per heavy atom. The number of hydrogen-bond donors (Lipinski definition) is 3. The first-order valence-electron chi connectivity index (χ1n) is 7.63. The van der Waals surface area contributed by atoms with Crippen LogP contribution in [0.3, 0.4) is 0 Å². The predicted octanol–water partition coefficient (Wildman–Crippen LogP) is 0.00370. The highest BCUT2D eigenvalue weighted by Gasteiger charge is 2.57. The molecular formula is C13H18N5O6P. The Balaban J connectivity index is 1.73. The van der Waals surface area contributed by atoms with Crippen LogP contribution >= 0.6 is 7.60 Å². The summed E-state index contributed by atoms with van der Waals surface area (Å²) >= 11 is 0. The summed E-state index contributed by atoms with van der Waals surface area (Å²) in [7, 11) is -4.30. The number of nitrogen functional groups attached to an aromatic ring is 1. The van der Waals surface area contributed by atoms with Crippen molar-refractivity contribution in [3.8, 4) is 0 Å². The summed E-state index contributed by atoms with van der Waals surface area (Å²) in [5, 5.41) is 0. The van der Waals surface area contributed by atoms with E-state index < -0.39 is 44.1 Å². The third-order valence-corrected chi connectivity index (χ3v) is 5.04. The van der Waals surface area contributed by atoms with Crippen molar-refractivity contribution >= 4 is 24.6 Å². The van der Waals surface area contributed by atoms with Crippen LogP contribution in [0.25, 0.3) is 11.2 Å². The highest BCUT2D eigenvalue weighted by Crippen LogP contribution is 2.48. The zero-order chi connectivity index (χ0) is 18.0. The molecule has 2 aromatic rings. The van der Waals surface area contributed by atoms with E-state index in [0.717, 1.165) is 0 Å². The fourth-order valence-corrected chi connectivity index (χ4v) is 4.08. The molecular weight excluding hydrogens is 353 g/mol. The fourth-order valence-electron chi connectivity index (χ4n) is 3.32. The van der Waals surface area contributed by atoms with Crippen LogP contribution in [0.2, 0.25) is 0 Å². The minimum Gasteiger partial charge on any atom is -0.382 e. The number of imidazole rings is 1. The molecule has 4 heterocycles. The second kappa shape index (κ2) is 5.44. The second-order valence-corrected chi connectivity index (χ2v) is 8.25. The number of anilines is 1. The number of nitrogens with zero attached hydrogens (tertiary/aromatic N) is 4. The molecule has 136 valence electrons. The predicted molar refractivity (Wildman–Crippen MR) is 84.4 cm³/mol. The molecule has 12 heteroatoms. The van der Waals surface area contributed by atoms with E-state index in [0.29, 0.717) is 11.2 Å². The lowest BCUT2D eigenvalue weighted by molar-refractivity contribution is -0.194.